The number of nitrogens with one attached hydrogen (secondary N) is 1. The van der Waals surface area contributed by atoms with Crippen LogP contribution in [0.2, 0.25) is 5.02 Å². The number of benzene rings is 1. The third-order valence-corrected chi connectivity index (χ3v) is 4.97. The van der Waals surface area contributed by atoms with Crippen molar-refractivity contribution in [2.45, 2.75) is 31.9 Å². The third kappa shape index (κ3) is 4.26. The number of alkyl halides is 3. The zero-order valence-corrected chi connectivity index (χ0v) is 14.2. The smallest absolute Gasteiger partial charge is 0.342 e. The number of rotatable bonds is 3. The van der Waals surface area contributed by atoms with Crippen LogP contribution in [0, 0.1) is 11.8 Å². The summed E-state index contributed by atoms with van der Waals surface area (Å²) in [4.78, 5) is 26.1. The predicted molar refractivity (Wildman–Crippen MR) is 87.1 cm³/mol. The summed E-state index contributed by atoms with van der Waals surface area (Å²) in [5.74, 6) is -0.325. The highest BCUT2D eigenvalue weighted by molar-refractivity contribution is 6.31. The van der Waals surface area contributed by atoms with Crippen LogP contribution in [0.15, 0.2) is 18.2 Å². The zero-order chi connectivity index (χ0) is 18.2. The van der Waals surface area contributed by atoms with Gasteiger partial charge < -0.3 is 10.2 Å². The number of hydrogen-bond donors (Lipinski definition) is 1. The summed E-state index contributed by atoms with van der Waals surface area (Å²) in [5, 5.41) is 2.12. The number of amides is 2. The number of carbonyl (C=O) groups is 2. The molecule has 0 spiro atoms. The molecule has 1 aromatic carbocycles. The second-order valence-electron chi connectivity index (χ2n) is 6.56. The van der Waals surface area contributed by atoms with Gasteiger partial charge in [0, 0.05) is 30.6 Å². The summed E-state index contributed by atoms with van der Waals surface area (Å²) >= 11 is 5.57. The van der Waals surface area contributed by atoms with Gasteiger partial charge in [0.2, 0.25) is 11.8 Å². The molecule has 2 amide bonds. The van der Waals surface area contributed by atoms with E-state index in [1.807, 2.05) is 0 Å². The largest absolute Gasteiger partial charge is 0.417 e. The average Bonchev–Trinajstić information content (AvgIpc) is 3.40. The van der Waals surface area contributed by atoms with Crippen molar-refractivity contribution in [2.24, 2.45) is 11.8 Å². The van der Waals surface area contributed by atoms with Crippen LogP contribution in [0.5, 0.6) is 0 Å². The molecule has 1 saturated carbocycles. The van der Waals surface area contributed by atoms with Gasteiger partial charge in [0.25, 0.3) is 0 Å². The molecule has 8 heteroatoms. The van der Waals surface area contributed by atoms with Crippen molar-refractivity contribution in [1.29, 1.82) is 0 Å². The van der Waals surface area contributed by atoms with E-state index in [0.29, 0.717) is 25.9 Å². The van der Waals surface area contributed by atoms with Gasteiger partial charge in [-0.1, -0.05) is 11.6 Å². The number of piperidine rings is 1. The maximum absolute atomic E-state index is 12.9. The van der Waals surface area contributed by atoms with E-state index in [2.05, 4.69) is 5.32 Å². The lowest BCUT2D eigenvalue weighted by atomic mass is 9.95. The molecule has 0 atom stereocenters. The van der Waals surface area contributed by atoms with Crippen LogP contribution in [0.3, 0.4) is 0 Å². The first-order chi connectivity index (χ1) is 11.8. The maximum atomic E-state index is 12.9. The van der Waals surface area contributed by atoms with E-state index in [9.17, 15) is 22.8 Å². The van der Waals surface area contributed by atoms with Crippen LogP contribution < -0.4 is 5.32 Å². The molecule has 1 N–H and O–H groups in total. The summed E-state index contributed by atoms with van der Waals surface area (Å²) in [6, 6.07) is 3.31. The standard InChI is InChI=1S/C17H18ClF3N2O2/c18-14-4-3-12(9-13(14)17(19,20)21)22-15(24)10-5-7-23(8-6-10)16(25)11-1-2-11/h3-4,9-11H,1-2,5-8H2,(H,22,24). The van der Waals surface area contributed by atoms with E-state index in [-0.39, 0.29) is 29.3 Å². The quantitative estimate of drug-likeness (QED) is 0.871. The lowest BCUT2D eigenvalue weighted by Crippen LogP contribution is -2.42. The van der Waals surface area contributed by atoms with E-state index in [0.717, 1.165) is 25.0 Å². The van der Waals surface area contributed by atoms with Crippen molar-refractivity contribution < 1.29 is 22.8 Å². The highest BCUT2D eigenvalue weighted by Crippen LogP contribution is 2.36. The van der Waals surface area contributed by atoms with Gasteiger partial charge in [0.15, 0.2) is 0 Å². The van der Waals surface area contributed by atoms with Crippen LogP contribution in [-0.2, 0) is 15.8 Å². The minimum Gasteiger partial charge on any atom is -0.342 e. The summed E-state index contributed by atoms with van der Waals surface area (Å²) in [6.45, 7) is 1.03. The fourth-order valence-electron chi connectivity index (χ4n) is 3.02. The normalized spacial score (nSPS) is 19.0. The summed E-state index contributed by atoms with van der Waals surface area (Å²) < 4.78 is 38.6. The Bertz CT molecular complexity index is 681. The molecule has 4 nitrogen and oxygen atoms in total. The number of likely N-dealkylation sites (tertiary alicyclic amines) is 1. The van der Waals surface area contributed by atoms with Gasteiger partial charge in [0.05, 0.1) is 10.6 Å². The monoisotopic (exact) mass is 374 g/mol. The molecule has 1 aliphatic heterocycles. The Hall–Kier alpha value is -1.76. The number of carbonyl (C=O) groups excluding carboxylic acids is 2. The van der Waals surface area contributed by atoms with Gasteiger partial charge >= 0.3 is 6.18 Å². The van der Waals surface area contributed by atoms with E-state index in [1.54, 1.807) is 4.90 Å². The molecule has 136 valence electrons. The first kappa shape index (κ1) is 18.0. The second kappa shape index (κ2) is 6.86. The first-order valence-electron chi connectivity index (χ1n) is 8.22. The molecule has 0 bridgehead atoms. The number of anilines is 1. The van der Waals surface area contributed by atoms with Gasteiger partial charge in [0.1, 0.15) is 0 Å². The Labute approximate surface area is 148 Å². The Balaban J connectivity index is 1.59. The second-order valence-corrected chi connectivity index (χ2v) is 6.96. The van der Waals surface area contributed by atoms with Crippen molar-refractivity contribution in [3.63, 3.8) is 0 Å². The molecule has 2 aliphatic rings. The summed E-state index contributed by atoms with van der Waals surface area (Å²) in [5.41, 5.74) is -0.907. The third-order valence-electron chi connectivity index (χ3n) is 4.64. The van der Waals surface area contributed by atoms with Crippen LogP contribution >= 0.6 is 11.6 Å². The lowest BCUT2D eigenvalue weighted by molar-refractivity contribution is -0.137. The SMILES string of the molecule is O=C(Nc1ccc(Cl)c(C(F)(F)F)c1)C1CCN(C(=O)C2CC2)CC1. The molecule has 1 aliphatic carbocycles. The van der Waals surface area contributed by atoms with Crippen LogP contribution in [-0.4, -0.2) is 29.8 Å². The molecule has 25 heavy (non-hydrogen) atoms. The molecular weight excluding hydrogens is 357 g/mol. The summed E-state index contributed by atoms with van der Waals surface area (Å²) in [7, 11) is 0. The number of halogens is 4. The fourth-order valence-corrected chi connectivity index (χ4v) is 3.24. The molecule has 1 heterocycles. The highest BCUT2D eigenvalue weighted by Gasteiger charge is 2.36. The van der Waals surface area contributed by atoms with Gasteiger partial charge in [-0.05, 0) is 43.9 Å². The minimum atomic E-state index is -4.58. The van der Waals surface area contributed by atoms with Crippen molar-refractivity contribution in [2.75, 3.05) is 18.4 Å². The molecule has 1 aromatic rings. The molecular formula is C17H18ClF3N2O2. The Kier molecular flexibility index (Phi) is 4.95. The Morgan fingerprint density at radius 2 is 1.72 bits per heavy atom. The van der Waals surface area contributed by atoms with E-state index >= 15 is 0 Å². The number of hydrogen-bond acceptors (Lipinski definition) is 2. The van der Waals surface area contributed by atoms with Crippen LogP contribution in [0.4, 0.5) is 18.9 Å². The van der Waals surface area contributed by atoms with Crippen molar-refractivity contribution in [1.82, 2.24) is 4.90 Å². The summed E-state index contributed by atoms with van der Waals surface area (Å²) in [6.07, 6.45) is -1.66. The first-order valence-corrected chi connectivity index (χ1v) is 8.60. The topological polar surface area (TPSA) is 49.4 Å². The molecule has 1 saturated heterocycles. The molecule has 2 fully saturated rings. The Morgan fingerprint density at radius 3 is 2.28 bits per heavy atom. The van der Waals surface area contributed by atoms with E-state index < -0.39 is 16.8 Å². The van der Waals surface area contributed by atoms with Gasteiger partial charge in [-0.3, -0.25) is 9.59 Å². The lowest BCUT2D eigenvalue weighted by Gasteiger charge is -2.31. The van der Waals surface area contributed by atoms with Crippen LogP contribution in [0.1, 0.15) is 31.2 Å². The number of nitrogens with zero attached hydrogens (tertiary/aromatic N) is 1. The van der Waals surface area contributed by atoms with Crippen molar-refractivity contribution in [3.05, 3.63) is 28.8 Å². The van der Waals surface area contributed by atoms with Gasteiger partial charge in [-0.25, -0.2) is 0 Å². The molecule has 0 aromatic heterocycles. The molecule has 0 radical (unpaired) electrons. The maximum Gasteiger partial charge on any atom is 0.417 e. The van der Waals surface area contributed by atoms with Gasteiger partial charge in [-0.15, -0.1) is 0 Å². The predicted octanol–water partition coefficient (Wildman–Crippen LogP) is 3.95. The van der Waals surface area contributed by atoms with E-state index in [4.69, 9.17) is 11.6 Å². The zero-order valence-electron chi connectivity index (χ0n) is 13.4. The highest BCUT2D eigenvalue weighted by atomic mass is 35.5. The molecule has 0 unspecified atom stereocenters. The van der Waals surface area contributed by atoms with Crippen molar-refractivity contribution >= 4 is 29.1 Å². The van der Waals surface area contributed by atoms with Crippen LogP contribution in [0.25, 0.3) is 0 Å². The molecule has 3 rings (SSSR count). The minimum absolute atomic E-state index is 0.0678. The fraction of sp³-hybridized carbons (Fsp3) is 0.529. The average molecular weight is 375 g/mol. The van der Waals surface area contributed by atoms with Crippen molar-refractivity contribution in [3.8, 4) is 0 Å². The van der Waals surface area contributed by atoms with E-state index in [1.165, 1.54) is 6.07 Å². The van der Waals surface area contributed by atoms with Gasteiger partial charge in [-0.2, -0.15) is 13.2 Å². The Morgan fingerprint density at radius 1 is 1.08 bits per heavy atom.